The van der Waals surface area contributed by atoms with Crippen LogP contribution in [0.3, 0.4) is 0 Å². The van der Waals surface area contributed by atoms with Crippen molar-refractivity contribution in [2.24, 2.45) is 5.41 Å². The predicted molar refractivity (Wildman–Crippen MR) is 119 cm³/mol. The third-order valence-electron chi connectivity index (χ3n) is 5.84. The molecular weight excluding hydrogens is 408 g/mol. The number of pyridine rings is 1. The molecule has 0 bridgehead atoms. The number of likely N-dealkylation sites (N-methyl/N-ethyl adjacent to an activating group) is 1. The van der Waals surface area contributed by atoms with Gasteiger partial charge in [0.25, 0.3) is 0 Å². The van der Waals surface area contributed by atoms with E-state index < -0.39 is 23.6 Å². The molecule has 9 nitrogen and oxygen atoms in total. The molecule has 0 radical (unpaired) electrons. The Labute approximate surface area is 186 Å². The van der Waals surface area contributed by atoms with Crippen molar-refractivity contribution in [1.29, 1.82) is 0 Å². The number of rotatable bonds is 4. The van der Waals surface area contributed by atoms with Crippen LogP contribution < -0.4 is 5.32 Å². The number of benzene rings is 1. The number of aliphatic hydroxyl groups excluding tert-OH is 1. The van der Waals surface area contributed by atoms with Crippen molar-refractivity contribution in [2.45, 2.75) is 45.4 Å². The van der Waals surface area contributed by atoms with Gasteiger partial charge in [0.05, 0.1) is 17.8 Å². The third-order valence-corrected chi connectivity index (χ3v) is 5.84. The van der Waals surface area contributed by atoms with Crippen molar-refractivity contribution < 1.29 is 14.7 Å². The summed E-state index contributed by atoms with van der Waals surface area (Å²) in [6.07, 6.45) is 2.99. The highest BCUT2D eigenvalue weighted by molar-refractivity contribution is 5.90. The Kier molecular flexibility index (Phi) is 5.68. The zero-order valence-corrected chi connectivity index (χ0v) is 18.7. The first kappa shape index (κ1) is 21.9. The van der Waals surface area contributed by atoms with Crippen LogP contribution in [-0.2, 0) is 9.59 Å². The van der Waals surface area contributed by atoms with E-state index in [-0.39, 0.29) is 24.8 Å². The van der Waals surface area contributed by atoms with Gasteiger partial charge in [-0.05, 0) is 23.6 Å². The first-order valence-electron chi connectivity index (χ1n) is 10.7. The van der Waals surface area contributed by atoms with Crippen molar-refractivity contribution in [2.75, 3.05) is 13.6 Å². The lowest BCUT2D eigenvalue weighted by Gasteiger charge is -2.34. The molecule has 9 heteroatoms. The van der Waals surface area contributed by atoms with Crippen molar-refractivity contribution in [3.8, 4) is 11.3 Å². The van der Waals surface area contributed by atoms with Crippen molar-refractivity contribution in [3.63, 3.8) is 0 Å². The molecule has 2 aromatic heterocycles. The number of likely N-dealkylation sites (tertiary alicyclic amines) is 1. The molecule has 1 aromatic carbocycles. The molecule has 4 rings (SSSR count). The van der Waals surface area contributed by atoms with Crippen LogP contribution in [0.5, 0.6) is 0 Å². The number of hydrogen-bond acceptors (Lipinski definition) is 6. The topological polar surface area (TPSA) is 113 Å². The van der Waals surface area contributed by atoms with Crippen molar-refractivity contribution in [1.82, 2.24) is 30.2 Å². The van der Waals surface area contributed by atoms with Crippen molar-refractivity contribution in [3.05, 3.63) is 42.7 Å². The van der Waals surface area contributed by atoms with Gasteiger partial charge in [0.2, 0.25) is 11.8 Å². The molecule has 1 aliphatic rings. The minimum Gasteiger partial charge on any atom is -0.391 e. The molecule has 0 saturated carbocycles. The molecule has 0 spiro atoms. The van der Waals surface area contributed by atoms with Gasteiger partial charge in [-0.25, -0.2) is 4.68 Å². The molecule has 1 fully saturated rings. The number of hydrogen-bond donors (Lipinski definition) is 2. The monoisotopic (exact) mass is 436 g/mol. The molecular formula is C23H28N6O3. The lowest BCUT2D eigenvalue weighted by Crippen LogP contribution is -2.49. The van der Waals surface area contributed by atoms with E-state index in [0.717, 1.165) is 16.5 Å². The van der Waals surface area contributed by atoms with Crippen LogP contribution in [0.25, 0.3) is 22.2 Å². The van der Waals surface area contributed by atoms with Crippen LogP contribution in [0, 0.1) is 5.41 Å². The van der Waals surface area contributed by atoms with E-state index in [0.29, 0.717) is 5.69 Å². The Morgan fingerprint density at radius 3 is 2.75 bits per heavy atom. The summed E-state index contributed by atoms with van der Waals surface area (Å²) in [5, 5.41) is 22.3. The fourth-order valence-electron chi connectivity index (χ4n) is 4.28. The molecule has 32 heavy (non-hydrogen) atoms. The van der Waals surface area contributed by atoms with E-state index in [1.807, 2.05) is 51.1 Å². The summed E-state index contributed by atoms with van der Waals surface area (Å²) in [5.41, 5.74) is 1.90. The standard InChI is InChI=1S/C23H28N6O3/c1-23(2,3)20(22(32)28-12-16(30)11-19(28)21(31)24-4)29-13-18(26-27-29)15-7-8-17-14(10-15)6-5-9-25-17/h5-10,13,16,19-20,30H,11-12H2,1-4H3,(H,24,31)/t16?,19?,20-/m1/s1. The second-order valence-corrected chi connectivity index (χ2v) is 9.27. The normalized spacial score (nSPS) is 19.8. The highest BCUT2D eigenvalue weighted by atomic mass is 16.3. The molecule has 3 atom stereocenters. The predicted octanol–water partition coefficient (Wildman–Crippen LogP) is 1.79. The van der Waals surface area contributed by atoms with Crippen LogP contribution >= 0.6 is 0 Å². The molecule has 2 amide bonds. The van der Waals surface area contributed by atoms with Gasteiger partial charge in [-0.15, -0.1) is 5.10 Å². The van der Waals surface area contributed by atoms with Gasteiger partial charge in [0, 0.05) is 37.2 Å². The molecule has 1 aliphatic heterocycles. The summed E-state index contributed by atoms with van der Waals surface area (Å²) in [6, 6.07) is 8.31. The first-order valence-corrected chi connectivity index (χ1v) is 10.7. The summed E-state index contributed by atoms with van der Waals surface area (Å²) in [5.74, 6) is -0.548. The molecule has 3 aromatic rings. The number of aliphatic hydroxyl groups is 1. The van der Waals surface area contributed by atoms with Crippen molar-refractivity contribution >= 4 is 22.7 Å². The Hall–Kier alpha value is -3.33. The Bertz CT molecular complexity index is 1150. The summed E-state index contributed by atoms with van der Waals surface area (Å²) < 4.78 is 1.57. The number of nitrogens with zero attached hydrogens (tertiary/aromatic N) is 5. The van der Waals surface area contributed by atoms with Crippen LogP contribution in [0.1, 0.15) is 33.2 Å². The van der Waals surface area contributed by atoms with Gasteiger partial charge in [-0.2, -0.15) is 0 Å². The van der Waals surface area contributed by atoms with E-state index in [1.165, 1.54) is 11.9 Å². The number of carbonyl (C=O) groups is 2. The van der Waals surface area contributed by atoms with Crippen LogP contribution in [0.15, 0.2) is 42.7 Å². The minimum atomic E-state index is -0.737. The molecule has 2 unspecified atom stereocenters. The highest BCUT2D eigenvalue weighted by Crippen LogP contribution is 2.35. The van der Waals surface area contributed by atoms with Crippen LogP contribution in [0.4, 0.5) is 0 Å². The maximum atomic E-state index is 13.6. The van der Waals surface area contributed by atoms with E-state index in [1.54, 1.807) is 17.1 Å². The van der Waals surface area contributed by atoms with E-state index in [4.69, 9.17) is 0 Å². The van der Waals surface area contributed by atoms with E-state index >= 15 is 0 Å². The zero-order chi connectivity index (χ0) is 23.0. The fourth-order valence-corrected chi connectivity index (χ4v) is 4.28. The number of aromatic nitrogens is 4. The van der Waals surface area contributed by atoms with Gasteiger partial charge in [0.1, 0.15) is 17.8 Å². The summed E-state index contributed by atoms with van der Waals surface area (Å²) in [4.78, 5) is 31.8. The lowest BCUT2D eigenvalue weighted by atomic mass is 9.85. The van der Waals surface area contributed by atoms with Gasteiger partial charge >= 0.3 is 0 Å². The minimum absolute atomic E-state index is 0.114. The summed E-state index contributed by atoms with van der Waals surface area (Å²) in [7, 11) is 1.53. The van der Waals surface area contributed by atoms with Crippen LogP contribution in [0.2, 0.25) is 0 Å². The smallest absolute Gasteiger partial charge is 0.248 e. The van der Waals surface area contributed by atoms with Gasteiger partial charge < -0.3 is 15.3 Å². The highest BCUT2D eigenvalue weighted by Gasteiger charge is 2.45. The summed E-state index contributed by atoms with van der Waals surface area (Å²) in [6.45, 7) is 5.95. The first-order chi connectivity index (χ1) is 15.2. The number of fused-ring (bicyclic) bond motifs is 1. The average molecular weight is 437 g/mol. The van der Waals surface area contributed by atoms with Crippen LogP contribution in [-0.4, -0.2) is 67.5 Å². The second-order valence-electron chi connectivity index (χ2n) is 9.27. The molecule has 1 saturated heterocycles. The Morgan fingerprint density at radius 1 is 1.25 bits per heavy atom. The molecule has 2 N–H and O–H groups in total. The zero-order valence-electron chi connectivity index (χ0n) is 18.7. The second kappa shape index (κ2) is 8.31. The number of amides is 2. The number of nitrogens with one attached hydrogen (secondary N) is 1. The van der Waals surface area contributed by atoms with Gasteiger partial charge in [-0.3, -0.25) is 14.6 Å². The summed E-state index contributed by atoms with van der Waals surface area (Å²) >= 11 is 0. The van der Waals surface area contributed by atoms with Gasteiger partial charge in [0.15, 0.2) is 0 Å². The largest absolute Gasteiger partial charge is 0.391 e. The maximum Gasteiger partial charge on any atom is 0.248 e. The van der Waals surface area contributed by atoms with E-state index in [2.05, 4.69) is 20.6 Å². The fraction of sp³-hybridized carbons (Fsp3) is 0.435. The number of β-amino-alcohol motifs (C(OH)–C–C–N with tert-alkyl or cyclic N) is 1. The average Bonchev–Trinajstić information content (AvgIpc) is 3.39. The quantitative estimate of drug-likeness (QED) is 0.645. The maximum absolute atomic E-state index is 13.6. The SMILES string of the molecule is CNC(=O)C1CC(O)CN1C(=O)[C@@H](n1cc(-c2ccc3ncccc3c2)nn1)C(C)(C)C. The third kappa shape index (κ3) is 4.08. The van der Waals surface area contributed by atoms with Gasteiger partial charge in [-0.1, -0.05) is 38.1 Å². The van der Waals surface area contributed by atoms with E-state index in [9.17, 15) is 14.7 Å². The molecule has 0 aliphatic carbocycles. The Balaban J connectivity index is 1.68. The lowest BCUT2D eigenvalue weighted by molar-refractivity contribution is -0.144. The Morgan fingerprint density at radius 2 is 2.03 bits per heavy atom. The molecule has 168 valence electrons. The number of carbonyl (C=O) groups excluding carboxylic acids is 2. The molecule has 3 heterocycles.